The summed E-state index contributed by atoms with van der Waals surface area (Å²) in [6.07, 6.45) is -2.01. The molecule has 0 bridgehead atoms. The molecule has 2 fully saturated rings. The summed E-state index contributed by atoms with van der Waals surface area (Å²) in [5.74, 6) is 0.940. The number of hydrogen-bond acceptors (Lipinski definition) is 9. The van der Waals surface area contributed by atoms with Crippen LogP contribution in [0.25, 0.3) is 10.8 Å². The number of aryl methyl sites for hydroxylation is 1. The molecule has 3 aromatic rings. The van der Waals surface area contributed by atoms with E-state index in [1.54, 1.807) is 13.1 Å². The second-order valence-corrected chi connectivity index (χ2v) is 8.15. The first-order valence-electron chi connectivity index (χ1n) is 10.0. The highest BCUT2D eigenvalue weighted by atomic mass is 19.4. The summed E-state index contributed by atoms with van der Waals surface area (Å²) < 4.78 is 45.0. The number of fused-ring (bicyclic) bond motifs is 1. The Morgan fingerprint density at radius 2 is 1.97 bits per heavy atom. The number of rotatable bonds is 5. The molecule has 1 spiro atoms. The third-order valence-corrected chi connectivity index (χ3v) is 5.86. The molecule has 0 aromatic carbocycles. The first kappa shape index (κ1) is 20.6. The molecule has 1 aliphatic carbocycles. The minimum absolute atomic E-state index is 0.0671. The van der Waals surface area contributed by atoms with E-state index < -0.39 is 18.0 Å². The molecule has 2 atom stereocenters. The van der Waals surface area contributed by atoms with Gasteiger partial charge in [0.1, 0.15) is 17.7 Å². The van der Waals surface area contributed by atoms with Crippen molar-refractivity contribution >= 4 is 28.1 Å². The number of ether oxygens (including phenoxy) is 1. The van der Waals surface area contributed by atoms with Crippen molar-refractivity contribution in [1.29, 1.82) is 0 Å². The minimum atomic E-state index is -4.64. The van der Waals surface area contributed by atoms with Gasteiger partial charge in [0, 0.05) is 22.7 Å². The predicted octanol–water partition coefficient (Wildman–Crippen LogP) is 2.74. The molecular formula is C20H21F3N8O. The zero-order valence-electron chi connectivity index (χ0n) is 17.1. The Kier molecular flexibility index (Phi) is 4.60. The summed E-state index contributed by atoms with van der Waals surface area (Å²) >= 11 is 0. The molecular weight excluding hydrogens is 425 g/mol. The van der Waals surface area contributed by atoms with Gasteiger partial charge in [-0.2, -0.15) is 18.3 Å². The van der Waals surface area contributed by atoms with Gasteiger partial charge < -0.3 is 26.8 Å². The van der Waals surface area contributed by atoms with E-state index in [0.29, 0.717) is 29.3 Å². The SMILES string of the molecule is Cc1nnc(N[C@H](N)c2cc(N)cc(C(F)(F)F)n2)c2cc(NC3COC34CC4)ncc12. The Labute approximate surface area is 180 Å². The van der Waals surface area contributed by atoms with E-state index in [4.69, 9.17) is 16.2 Å². The lowest BCUT2D eigenvalue weighted by molar-refractivity contribution is -0.141. The molecule has 6 N–H and O–H groups in total. The third kappa shape index (κ3) is 3.65. The lowest BCUT2D eigenvalue weighted by atomic mass is 10.0. The fourth-order valence-corrected chi connectivity index (χ4v) is 3.83. The van der Waals surface area contributed by atoms with Crippen molar-refractivity contribution in [2.75, 3.05) is 23.0 Å². The lowest BCUT2D eigenvalue weighted by Gasteiger charge is -2.38. The van der Waals surface area contributed by atoms with Crippen LogP contribution in [0.3, 0.4) is 0 Å². The highest BCUT2D eigenvalue weighted by molar-refractivity contribution is 5.94. The number of nitrogen functional groups attached to an aromatic ring is 1. The predicted molar refractivity (Wildman–Crippen MR) is 112 cm³/mol. The van der Waals surface area contributed by atoms with Gasteiger partial charge in [0.2, 0.25) is 0 Å². The fourth-order valence-electron chi connectivity index (χ4n) is 3.83. The Morgan fingerprint density at radius 1 is 1.19 bits per heavy atom. The molecule has 168 valence electrons. The summed E-state index contributed by atoms with van der Waals surface area (Å²) in [5, 5.41) is 16.0. The summed E-state index contributed by atoms with van der Waals surface area (Å²) in [4.78, 5) is 8.08. The maximum absolute atomic E-state index is 13.1. The molecule has 0 amide bonds. The van der Waals surface area contributed by atoms with Gasteiger partial charge in [0.05, 0.1) is 29.6 Å². The number of halogens is 3. The zero-order valence-corrected chi connectivity index (χ0v) is 17.1. The van der Waals surface area contributed by atoms with E-state index in [0.717, 1.165) is 24.3 Å². The van der Waals surface area contributed by atoms with Gasteiger partial charge in [0.15, 0.2) is 5.82 Å². The van der Waals surface area contributed by atoms with Crippen LogP contribution in [0.15, 0.2) is 24.4 Å². The molecule has 1 aliphatic heterocycles. The number of pyridine rings is 2. The molecule has 12 heteroatoms. The first-order chi connectivity index (χ1) is 15.1. The number of hydrogen-bond donors (Lipinski definition) is 4. The van der Waals surface area contributed by atoms with E-state index in [2.05, 4.69) is 30.8 Å². The van der Waals surface area contributed by atoms with Crippen LogP contribution < -0.4 is 22.1 Å². The standard InChI is InChI=1S/C20H21F3N8O/c1-9-12-7-26-16(28-15-8-32-19(15)2-3-19)6-11(12)18(31-30-9)29-17(25)13-4-10(24)5-14(27-13)20(21,22)23/h4-7,15,17H,2-3,8,25H2,1H3,(H2,24,27)(H,26,28)(H,29,31)/t15?,17-/m0/s1. The van der Waals surface area contributed by atoms with E-state index in [9.17, 15) is 13.2 Å². The molecule has 1 saturated heterocycles. The van der Waals surface area contributed by atoms with Crippen LogP contribution in [0.2, 0.25) is 0 Å². The van der Waals surface area contributed by atoms with Crippen LogP contribution in [0.1, 0.15) is 36.1 Å². The largest absolute Gasteiger partial charge is 0.433 e. The second-order valence-electron chi connectivity index (χ2n) is 8.15. The van der Waals surface area contributed by atoms with Crippen molar-refractivity contribution < 1.29 is 17.9 Å². The molecule has 0 radical (unpaired) electrons. The molecule has 3 aromatic heterocycles. The topological polar surface area (TPSA) is 137 Å². The summed E-state index contributed by atoms with van der Waals surface area (Å²) in [7, 11) is 0. The van der Waals surface area contributed by atoms with Crippen LogP contribution in [0, 0.1) is 6.92 Å². The van der Waals surface area contributed by atoms with Crippen LogP contribution >= 0.6 is 0 Å². The molecule has 9 nitrogen and oxygen atoms in total. The Hall–Kier alpha value is -3.25. The van der Waals surface area contributed by atoms with Crippen molar-refractivity contribution in [3.8, 4) is 0 Å². The number of alkyl halides is 3. The molecule has 2 aliphatic rings. The zero-order chi connectivity index (χ0) is 22.7. The van der Waals surface area contributed by atoms with Crippen LogP contribution in [-0.2, 0) is 10.9 Å². The van der Waals surface area contributed by atoms with Crippen molar-refractivity contribution in [3.05, 3.63) is 41.5 Å². The smallest absolute Gasteiger partial charge is 0.399 e. The average molecular weight is 446 g/mol. The van der Waals surface area contributed by atoms with Gasteiger partial charge in [-0.25, -0.2) is 9.97 Å². The molecule has 1 unspecified atom stereocenters. The number of anilines is 3. The monoisotopic (exact) mass is 446 g/mol. The van der Waals surface area contributed by atoms with E-state index in [-0.39, 0.29) is 23.0 Å². The summed E-state index contributed by atoms with van der Waals surface area (Å²) in [5.41, 5.74) is 11.1. The van der Waals surface area contributed by atoms with E-state index in [1.165, 1.54) is 6.07 Å². The van der Waals surface area contributed by atoms with Crippen molar-refractivity contribution in [3.63, 3.8) is 0 Å². The van der Waals surface area contributed by atoms with E-state index in [1.807, 2.05) is 6.07 Å². The maximum Gasteiger partial charge on any atom is 0.433 e. The Bertz CT molecular complexity index is 1200. The van der Waals surface area contributed by atoms with Gasteiger partial charge >= 0.3 is 6.18 Å². The molecule has 1 saturated carbocycles. The van der Waals surface area contributed by atoms with Crippen molar-refractivity contribution in [2.24, 2.45) is 5.73 Å². The maximum atomic E-state index is 13.1. The van der Waals surface area contributed by atoms with Gasteiger partial charge in [-0.1, -0.05) is 0 Å². The normalized spacial score (nSPS) is 20.1. The van der Waals surface area contributed by atoms with Crippen LogP contribution in [-0.4, -0.2) is 38.4 Å². The summed E-state index contributed by atoms with van der Waals surface area (Å²) in [6.45, 7) is 2.41. The van der Waals surface area contributed by atoms with E-state index >= 15 is 0 Å². The average Bonchev–Trinajstić information content (AvgIpc) is 3.55. The third-order valence-electron chi connectivity index (χ3n) is 5.86. The van der Waals surface area contributed by atoms with Gasteiger partial charge in [0.25, 0.3) is 0 Å². The van der Waals surface area contributed by atoms with Crippen LogP contribution in [0.4, 0.5) is 30.5 Å². The fraction of sp³-hybridized carbons (Fsp3) is 0.400. The van der Waals surface area contributed by atoms with Gasteiger partial charge in [-0.15, -0.1) is 5.10 Å². The number of nitrogens with zero attached hydrogens (tertiary/aromatic N) is 4. The Morgan fingerprint density at radius 3 is 2.62 bits per heavy atom. The van der Waals surface area contributed by atoms with Gasteiger partial charge in [-0.3, -0.25) is 0 Å². The van der Waals surface area contributed by atoms with Crippen LogP contribution in [0.5, 0.6) is 0 Å². The molecule has 32 heavy (non-hydrogen) atoms. The number of nitrogens with one attached hydrogen (secondary N) is 2. The number of nitrogens with two attached hydrogens (primary N) is 2. The quantitative estimate of drug-likeness (QED) is 0.436. The highest BCUT2D eigenvalue weighted by Crippen LogP contribution is 2.50. The summed E-state index contributed by atoms with van der Waals surface area (Å²) in [6, 6.07) is 4.06. The Balaban J connectivity index is 1.45. The van der Waals surface area contributed by atoms with Gasteiger partial charge in [-0.05, 0) is 38.0 Å². The van der Waals surface area contributed by atoms with Crippen molar-refractivity contribution in [2.45, 2.75) is 43.8 Å². The minimum Gasteiger partial charge on any atom is -0.399 e. The molecule has 4 heterocycles. The highest BCUT2D eigenvalue weighted by Gasteiger charge is 2.58. The van der Waals surface area contributed by atoms with Crippen molar-refractivity contribution in [1.82, 2.24) is 20.2 Å². The lowest BCUT2D eigenvalue weighted by Crippen LogP contribution is -2.52. The first-order valence-corrected chi connectivity index (χ1v) is 10.0. The molecule has 5 rings (SSSR count). The second kappa shape index (κ2) is 7.14. The number of aromatic nitrogens is 4.